The maximum absolute atomic E-state index is 9.12. The van der Waals surface area contributed by atoms with Crippen molar-refractivity contribution in [3.63, 3.8) is 0 Å². The molecule has 2 N–H and O–H groups in total. The van der Waals surface area contributed by atoms with E-state index in [2.05, 4.69) is 4.98 Å². The lowest BCUT2D eigenvalue weighted by Crippen LogP contribution is -2.31. The summed E-state index contributed by atoms with van der Waals surface area (Å²) in [6.07, 6.45) is 6.34. The molecule has 0 spiro atoms. The zero-order valence-electron chi connectivity index (χ0n) is 10.9. The highest BCUT2D eigenvalue weighted by atomic mass is 16.5. The molecular formula is C13H17BN2O3. The Morgan fingerprint density at radius 3 is 2.84 bits per heavy atom. The maximum atomic E-state index is 9.12. The zero-order valence-corrected chi connectivity index (χ0v) is 10.9. The average Bonchev–Trinajstić information content (AvgIpc) is 2.87. The summed E-state index contributed by atoms with van der Waals surface area (Å²) in [7, 11) is -1.43. The van der Waals surface area contributed by atoms with E-state index in [1.165, 1.54) is 0 Å². The molecule has 0 aliphatic rings. The zero-order chi connectivity index (χ0) is 13.7. The van der Waals surface area contributed by atoms with E-state index in [1.54, 1.807) is 24.7 Å². The number of nitrogens with zero attached hydrogens (tertiary/aromatic N) is 2. The Kier molecular flexibility index (Phi) is 4.60. The van der Waals surface area contributed by atoms with Gasteiger partial charge in [0.1, 0.15) is 5.75 Å². The van der Waals surface area contributed by atoms with Crippen molar-refractivity contribution in [2.75, 3.05) is 6.61 Å². The Bertz CT molecular complexity index is 515. The van der Waals surface area contributed by atoms with Crippen LogP contribution in [0.5, 0.6) is 5.75 Å². The van der Waals surface area contributed by atoms with Crippen LogP contribution in [0.3, 0.4) is 0 Å². The van der Waals surface area contributed by atoms with Gasteiger partial charge >= 0.3 is 7.12 Å². The molecule has 2 rings (SSSR count). The molecule has 0 atom stereocenters. The van der Waals surface area contributed by atoms with Crippen LogP contribution in [0.1, 0.15) is 12.0 Å². The van der Waals surface area contributed by atoms with E-state index in [9.17, 15) is 0 Å². The number of aromatic nitrogens is 2. The van der Waals surface area contributed by atoms with E-state index in [0.717, 1.165) is 24.3 Å². The number of benzene rings is 1. The standard InChI is InChI=1S/C13H17BN2O3/c1-11-9-12(3-4-13(11)14(17)18)19-8-2-6-16-7-5-15-10-16/h3-5,7,9-10,17-18H,2,6,8H2,1H3. The number of hydrogen-bond donors (Lipinski definition) is 2. The van der Waals surface area contributed by atoms with E-state index in [0.29, 0.717) is 12.1 Å². The van der Waals surface area contributed by atoms with Gasteiger partial charge in [-0.15, -0.1) is 0 Å². The molecule has 1 heterocycles. The van der Waals surface area contributed by atoms with Gasteiger partial charge in [-0.2, -0.15) is 0 Å². The minimum absolute atomic E-state index is 0.505. The lowest BCUT2D eigenvalue weighted by atomic mass is 9.77. The highest BCUT2D eigenvalue weighted by molar-refractivity contribution is 6.59. The molecule has 6 heteroatoms. The monoisotopic (exact) mass is 260 g/mol. The summed E-state index contributed by atoms with van der Waals surface area (Å²) in [5.41, 5.74) is 1.31. The average molecular weight is 260 g/mol. The van der Waals surface area contributed by atoms with Gasteiger partial charge < -0.3 is 19.4 Å². The molecule has 5 nitrogen and oxygen atoms in total. The normalized spacial score (nSPS) is 10.5. The van der Waals surface area contributed by atoms with Crippen LogP contribution >= 0.6 is 0 Å². The van der Waals surface area contributed by atoms with Crippen molar-refractivity contribution in [2.45, 2.75) is 19.9 Å². The molecule has 0 amide bonds. The number of imidazole rings is 1. The van der Waals surface area contributed by atoms with Gasteiger partial charge in [0.15, 0.2) is 0 Å². The summed E-state index contributed by atoms with van der Waals surface area (Å²) in [5.74, 6) is 0.743. The second kappa shape index (κ2) is 6.40. The van der Waals surface area contributed by atoms with Crippen LogP contribution in [0.4, 0.5) is 0 Å². The summed E-state index contributed by atoms with van der Waals surface area (Å²) in [4.78, 5) is 3.97. The summed E-state index contributed by atoms with van der Waals surface area (Å²) in [6.45, 7) is 3.30. The molecule has 0 radical (unpaired) electrons. The van der Waals surface area contributed by atoms with Gasteiger partial charge in [-0.3, -0.25) is 0 Å². The van der Waals surface area contributed by atoms with Gasteiger partial charge in [0.2, 0.25) is 0 Å². The van der Waals surface area contributed by atoms with Crippen LogP contribution in [0.25, 0.3) is 0 Å². The molecule has 0 fully saturated rings. The lowest BCUT2D eigenvalue weighted by molar-refractivity contribution is 0.301. The van der Waals surface area contributed by atoms with Crippen LogP contribution in [0.2, 0.25) is 0 Å². The highest BCUT2D eigenvalue weighted by Crippen LogP contribution is 2.12. The topological polar surface area (TPSA) is 67.5 Å². The Hall–Kier alpha value is -1.79. The van der Waals surface area contributed by atoms with Crippen molar-refractivity contribution in [1.82, 2.24) is 9.55 Å². The van der Waals surface area contributed by atoms with Crippen LogP contribution in [0, 0.1) is 6.92 Å². The quantitative estimate of drug-likeness (QED) is 0.580. The predicted molar refractivity (Wildman–Crippen MR) is 73.3 cm³/mol. The third-order valence-electron chi connectivity index (χ3n) is 2.91. The molecule has 0 bridgehead atoms. The molecular weight excluding hydrogens is 243 g/mol. The molecule has 0 saturated heterocycles. The van der Waals surface area contributed by atoms with Crippen molar-refractivity contribution >= 4 is 12.6 Å². The van der Waals surface area contributed by atoms with Crippen molar-refractivity contribution in [3.05, 3.63) is 42.5 Å². The predicted octanol–water partition coefficient (Wildman–Crippen LogP) is 0.340. The summed E-state index contributed by atoms with van der Waals surface area (Å²) < 4.78 is 7.62. The lowest BCUT2D eigenvalue weighted by Gasteiger charge is -2.10. The molecule has 2 aromatic rings. The molecule has 0 saturated carbocycles. The van der Waals surface area contributed by atoms with Gasteiger partial charge in [-0.1, -0.05) is 6.07 Å². The van der Waals surface area contributed by atoms with Gasteiger partial charge in [0, 0.05) is 18.9 Å². The summed E-state index contributed by atoms with van der Waals surface area (Å²) in [6, 6.07) is 5.23. The Labute approximate surface area is 112 Å². The molecule has 1 aromatic carbocycles. The second-order valence-electron chi connectivity index (χ2n) is 4.39. The Balaban J connectivity index is 1.81. The molecule has 1 aromatic heterocycles. The van der Waals surface area contributed by atoms with Gasteiger partial charge in [-0.05, 0) is 36.5 Å². The minimum Gasteiger partial charge on any atom is -0.494 e. The number of ether oxygens (including phenoxy) is 1. The first-order valence-electron chi connectivity index (χ1n) is 6.22. The molecule has 0 aliphatic heterocycles. The molecule has 100 valence electrons. The molecule has 0 unspecified atom stereocenters. The van der Waals surface area contributed by atoms with Crippen LogP contribution < -0.4 is 10.2 Å². The first kappa shape index (κ1) is 13.6. The third-order valence-corrected chi connectivity index (χ3v) is 2.91. The van der Waals surface area contributed by atoms with Gasteiger partial charge in [0.05, 0.1) is 12.9 Å². The fraction of sp³-hybridized carbons (Fsp3) is 0.308. The second-order valence-corrected chi connectivity index (χ2v) is 4.39. The van der Waals surface area contributed by atoms with Gasteiger partial charge in [-0.25, -0.2) is 4.98 Å². The van der Waals surface area contributed by atoms with Crippen LogP contribution in [-0.4, -0.2) is 33.3 Å². The highest BCUT2D eigenvalue weighted by Gasteiger charge is 2.13. The smallest absolute Gasteiger partial charge is 0.488 e. The SMILES string of the molecule is Cc1cc(OCCCn2ccnc2)ccc1B(O)O. The van der Waals surface area contributed by atoms with Crippen LogP contribution in [0.15, 0.2) is 36.9 Å². The van der Waals surface area contributed by atoms with Crippen LogP contribution in [-0.2, 0) is 6.54 Å². The van der Waals surface area contributed by atoms with E-state index in [-0.39, 0.29) is 0 Å². The Morgan fingerprint density at radius 1 is 1.37 bits per heavy atom. The van der Waals surface area contributed by atoms with E-state index < -0.39 is 7.12 Å². The van der Waals surface area contributed by atoms with Crippen molar-refractivity contribution in [1.29, 1.82) is 0 Å². The summed E-state index contributed by atoms with van der Waals surface area (Å²) >= 11 is 0. The number of aryl methyl sites for hydroxylation is 2. The molecule has 0 aliphatic carbocycles. The van der Waals surface area contributed by atoms with Crippen molar-refractivity contribution in [2.24, 2.45) is 0 Å². The van der Waals surface area contributed by atoms with Crippen molar-refractivity contribution in [3.8, 4) is 5.75 Å². The Morgan fingerprint density at radius 2 is 2.21 bits per heavy atom. The third kappa shape index (κ3) is 3.84. The van der Waals surface area contributed by atoms with E-state index in [4.69, 9.17) is 14.8 Å². The number of rotatable bonds is 6. The van der Waals surface area contributed by atoms with Crippen molar-refractivity contribution < 1.29 is 14.8 Å². The maximum Gasteiger partial charge on any atom is 0.488 e. The van der Waals surface area contributed by atoms with E-state index >= 15 is 0 Å². The molecule has 19 heavy (non-hydrogen) atoms. The van der Waals surface area contributed by atoms with Gasteiger partial charge in [0.25, 0.3) is 0 Å². The number of hydrogen-bond acceptors (Lipinski definition) is 4. The minimum atomic E-state index is -1.43. The first-order chi connectivity index (χ1) is 9.16. The fourth-order valence-electron chi connectivity index (χ4n) is 1.88. The fourth-order valence-corrected chi connectivity index (χ4v) is 1.88. The van der Waals surface area contributed by atoms with E-state index in [1.807, 2.05) is 23.8 Å². The largest absolute Gasteiger partial charge is 0.494 e. The summed E-state index contributed by atoms with van der Waals surface area (Å²) in [5, 5.41) is 18.2. The first-order valence-corrected chi connectivity index (χ1v) is 6.22.